The Labute approximate surface area is 213 Å². The van der Waals surface area contributed by atoms with Crippen LogP contribution in [0.4, 0.5) is 0 Å². The third-order valence-corrected chi connectivity index (χ3v) is 13.6. The van der Waals surface area contributed by atoms with E-state index in [1.54, 1.807) is 6.92 Å². The average Bonchev–Trinajstić information content (AvgIpc) is 2.99. The van der Waals surface area contributed by atoms with Crippen molar-refractivity contribution in [3.8, 4) is 0 Å². The highest BCUT2D eigenvalue weighted by molar-refractivity contribution is 7.88. The Kier molecular flexibility index (Phi) is 8.34. The van der Waals surface area contributed by atoms with Gasteiger partial charge in [-0.2, -0.15) is 0 Å². The fourth-order valence-corrected chi connectivity index (χ4v) is 7.82. The van der Waals surface area contributed by atoms with Crippen LogP contribution in [0.3, 0.4) is 0 Å². The lowest BCUT2D eigenvalue weighted by molar-refractivity contribution is -0.150. The monoisotopic (exact) mass is 527 g/mol. The number of ether oxygens (including phenoxy) is 2. The van der Waals surface area contributed by atoms with E-state index < -0.39 is 36.3 Å². The van der Waals surface area contributed by atoms with Crippen LogP contribution in [0, 0.1) is 12.8 Å². The molecule has 0 spiro atoms. The van der Waals surface area contributed by atoms with Crippen LogP contribution in [-0.4, -0.2) is 58.1 Å². The van der Waals surface area contributed by atoms with Crippen LogP contribution in [0.15, 0.2) is 24.3 Å². The van der Waals surface area contributed by atoms with Crippen LogP contribution in [0.2, 0.25) is 18.1 Å². The zero-order valence-electron chi connectivity index (χ0n) is 22.8. The van der Waals surface area contributed by atoms with Crippen molar-refractivity contribution in [3.05, 3.63) is 35.4 Å². The molecular formula is C26H45NO6SSi. The quantitative estimate of drug-likeness (QED) is 0.484. The molecule has 0 amide bonds. The molecule has 200 valence electrons. The second kappa shape index (κ2) is 10.2. The average molecular weight is 528 g/mol. The molecule has 1 aliphatic carbocycles. The fraction of sp³-hybridized carbons (Fsp3) is 0.769. The van der Waals surface area contributed by atoms with E-state index in [0.29, 0.717) is 18.4 Å². The van der Waals surface area contributed by atoms with Gasteiger partial charge in [0.1, 0.15) is 0 Å². The van der Waals surface area contributed by atoms with Gasteiger partial charge in [0.2, 0.25) is 10.0 Å². The first-order valence-electron chi connectivity index (χ1n) is 12.7. The minimum Gasteiger partial charge on any atom is -0.414 e. The largest absolute Gasteiger partial charge is 0.414 e. The number of rotatable bonds is 8. The van der Waals surface area contributed by atoms with E-state index in [1.165, 1.54) is 0 Å². The van der Waals surface area contributed by atoms with Gasteiger partial charge in [-0.15, -0.1) is 0 Å². The SMILES string of the molecule is Cc1ccc(CS(=O)(=O)N[C@H](C2C[C@@H](O[Si](C)(C)C(C)(C)C)C[C@H]3OC(C)(C)O[C@H]23)[C@H](C)O)cc1. The standard InChI is InChI=1S/C26H45NO6SSi/c1-17-10-12-19(13-11-17)16-34(29,30)27-23(18(2)28)21-14-20(33-35(8,9)25(3,4)5)15-22-24(21)32-26(6,7)31-22/h10-13,18,20-24,27-28H,14-16H2,1-9H3/t18-,20+,21?,22+,23-,24+/m0/s1. The normalized spacial score (nSPS) is 29.0. The number of benzene rings is 1. The Morgan fingerprint density at radius 2 is 1.77 bits per heavy atom. The summed E-state index contributed by atoms with van der Waals surface area (Å²) in [7, 11) is -5.78. The van der Waals surface area contributed by atoms with Gasteiger partial charge < -0.3 is 19.0 Å². The number of sulfonamides is 1. The van der Waals surface area contributed by atoms with Crippen molar-refractivity contribution in [2.24, 2.45) is 5.92 Å². The predicted octanol–water partition coefficient (Wildman–Crippen LogP) is 4.48. The maximum atomic E-state index is 13.2. The van der Waals surface area contributed by atoms with Crippen LogP contribution in [0.25, 0.3) is 0 Å². The van der Waals surface area contributed by atoms with Gasteiger partial charge >= 0.3 is 0 Å². The molecule has 3 rings (SSSR count). The summed E-state index contributed by atoms with van der Waals surface area (Å²) in [6.45, 7) is 18.4. The van der Waals surface area contributed by atoms with Crippen molar-refractivity contribution in [1.29, 1.82) is 0 Å². The molecule has 0 aromatic heterocycles. The van der Waals surface area contributed by atoms with Crippen molar-refractivity contribution >= 4 is 18.3 Å². The van der Waals surface area contributed by atoms with E-state index >= 15 is 0 Å². The number of nitrogens with one attached hydrogen (secondary N) is 1. The Balaban J connectivity index is 1.86. The molecule has 9 heteroatoms. The van der Waals surface area contributed by atoms with Gasteiger partial charge in [0.15, 0.2) is 14.1 Å². The van der Waals surface area contributed by atoms with E-state index in [2.05, 4.69) is 38.6 Å². The van der Waals surface area contributed by atoms with E-state index in [4.69, 9.17) is 13.9 Å². The minimum absolute atomic E-state index is 0.0466. The Bertz CT molecular complexity index is 971. The number of fused-ring (bicyclic) bond motifs is 1. The highest BCUT2D eigenvalue weighted by atomic mass is 32.2. The van der Waals surface area contributed by atoms with Crippen molar-refractivity contribution in [1.82, 2.24) is 4.72 Å². The Hall–Kier alpha value is -0.813. The maximum absolute atomic E-state index is 13.2. The van der Waals surface area contributed by atoms with Gasteiger partial charge in [-0.1, -0.05) is 50.6 Å². The number of hydrogen-bond donors (Lipinski definition) is 2. The summed E-state index contributed by atoms with van der Waals surface area (Å²) in [5.41, 5.74) is 1.78. The lowest BCUT2D eigenvalue weighted by atomic mass is 9.77. The summed E-state index contributed by atoms with van der Waals surface area (Å²) in [5, 5.41) is 10.8. The molecule has 1 saturated carbocycles. The third kappa shape index (κ3) is 7.15. The molecule has 1 unspecified atom stereocenters. The summed E-state index contributed by atoms with van der Waals surface area (Å²) < 4.78 is 48.5. The number of aryl methyl sites for hydroxylation is 1. The molecule has 2 aliphatic rings. The van der Waals surface area contributed by atoms with Crippen LogP contribution < -0.4 is 4.72 Å². The molecule has 35 heavy (non-hydrogen) atoms. The van der Waals surface area contributed by atoms with Gasteiger partial charge in [-0.05, 0) is 57.8 Å². The maximum Gasteiger partial charge on any atom is 0.216 e. The molecule has 0 bridgehead atoms. The second-order valence-electron chi connectivity index (χ2n) is 12.4. The first-order valence-corrected chi connectivity index (χ1v) is 17.2. The lowest BCUT2D eigenvalue weighted by Gasteiger charge is -2.45. The number of aliphatic hydroxyl groups excluding tert-OH is 1. The van der Waals surface area contributed by atoms with Crippen LogP contribution in [-0.2, 0) is 29.7 Å². The van der Waals surface area contributed by atoms with Gasteiger partial charge in [0.05, 0.1) is 30.1 Å². The van der Waals surface area contributed by atoms with Gasteiger partial charge in [0.25, 0.3) is 0 Å². The molecule has 1 aliphatic heterocycles. The Morgan fingerprint density at radius 1 is 1.17 bits per heavy atom. The predicted molar refractivity (Wildman–Crippen MR) is 141 cm³/mol. The number of hydrogen-bond acceptors (Lipinski definition) is 6. The molecule has 1 aromatic rings. The molecule has 2 N–H and O–H groups in total. The van der Waals surface area contributed by atoms with Crippen molar-refractivity contribution in [2.75, 3.05) is 0 Å². The van der Waals surface area contributed by atoms with Crippen molar-refractivity contribution in [3.63, 3.8) is 0 Å². The molecule has 6 atom stereocenters. The van der Waals surface area contributed by atoms with Gasteiger partial charge in [-0.3, -0.25) is 0 Å². The molecule has 1 heterocycles. The summed E-state index contributed by atoms with van der Waals surface area (Å²) in [6.07, 6.45) is -0.266. The first kappa shape index (κ1) is 28.8. The smallest absolute Gasteiger partial charge is 0.216 e. The molecule has 7 nitrogen and oxygen atoms in total. The minimum atomic E-state index is -3.71. The zero-order valence-corrected chi connectivity index (χ0v) is 24.6. The molecular weight excluding hydrogens is 482 g/mol. The van der Waals surface area contributed by atoms with Gasteiger partial charge in [-0.25, -0.2) is 13.1 Å². The van der Waals surface area contributed by atoms with Crippen LogP contribution in [0.1, 0.15) is 65.5 Å². The fourth-order valence-electron chi connectivity index (χ4n) is 4.94. The molecule has 2 fully saturated rings. The molecule has 1 saturated heterocycles. The van der Waals surface area contributed by atoms with E-state index in [0.717, 1.165) is 5.56 Å². The topological polar surface area (TPSA) is 94.1 Å². The first-order chi connectivity index (χ1) is 15.9. The van der Waals surface area contributed by atoms with Gasteiger partial charge in [0, 0.05) is 18.4 Å². The van der Waals surface area contributed by atoms with Crippen LogP contribution >= 0.6 is 0 Å². The molecule has 1 aromatic carbocycles. The van der Waals surface area contributed by atoms with Crippen molar-refractivity contribution < 1.29 is 27.4 Å². The Morgan fingerprint density at radius 3 is 2.31 bits per heavy atom. The summed E-state index contributed by atoms with van der Waals surface area (Å²) in [4.78, 5) is 0. The van der Waals surface area contributed by atoms with E-state index in [-0.39, 0.29) is 35.0 Å². The third-order valence-electron chi connectivity index (χ3n) is 7.72. The summed E-state index contributed by atoms with van der Waals surface area (Å²) in [6, 6.07) is 6.72. The van der Waals surface area contributed by atoms with E-state index in [9.17, 15) is 13.5 Å². The highest BCUT2D eigenvalue weighted by Crippen LogP contribution is 2.45. The second-order valence-corrected chi connectivity index (χ2v) is 18.9. The highest BCUT2D eigenvalue weighted by Gasteiger charge is 2.54. The zero-order chi connectivity index (χ0) is 26.4. The number of aliphatic hydroxyl groups is 1. The van der Waals surface area contributed by atoms with Crippen LogP contribution in [0.5, 0.6) is 0 Å². The van der Waals surface area contributed by atoms with Crippen molar-refractivity contribution in [2.45, 2.75) is 121 Å². The van der Waals surface area contributed by atoms with E-state index in [1.807, 2.05) is 45.0 Å². The molecule has 0 radical (unpaired) electrons. The summed E-state index contributed by atoms with van der Waals surface area (Å²) in [5.74, 6) is -1.22. The summed E-state index contributed by atoms with van der Waals surface area (Å²) >= 11 is 0. The lowest BCUT2D eigenvalue weighted by Crippen LogP contribution is -2.57.